The minimum atomic E-state index is -0.270. The van der Waals surface area contributed by atoms with E-state index in [0.717, 1.165) is 5.56 Å². The van der Waals surface area contributed by atoms with Crippen LogP contribution >= 0.6 is 11.8 Å². The van der Waals surface area contributed by atoms with Crippen LogP contribution in [0.25, 0.3) is 0 Å². The number of aromatic nitrogens is 2. The molecule has 3 aromatic rings. The topological polar surface area (TPSA) is 113 Å². The molecule has 9 heteroatoms. The predicted octanol–water partition coefficient (Wildman–Crippen LogP) is 2.63. The number of benzene rings is 2. The van der Waals surface area contributed by atoms with E-state index in [0.29, 0.717) is 28.6 Å². The first-order valence-corrected chi connectivity index (χ1v) is 10.9. The fourth-order valence-corrected chi connectivity index (χ4v) is 3.71. The van der Waals surface area contributed by atoms with Crippen molar-refractivity contribution in [2.45, 2.75) is 31.8 Å². The average molecular weight is 453 g/mol. The van der Waals surface area contributed by atoms with Crippen LogP contribution in [0, 0.1) is 0 Å². The van der Waals surface area contributed by atoms with Crippen LogP contribution < -0.4 is 10.6 Å². The maximum Gasteiger partial charge on any atom is 0.240 e. The molecule has 0 saturated heterocycles. The molecule has 0 saturated carbocycles. The average Bonchev–Trinajstić information content (AvgIpc) is 3.18. The van der Waals surface area contributed by atoms with Crippen molar-refractivity contribution in [2.24, 2.45) is 0 Å². The van der Waals surface area contributed by atoms with Gasteiger partial charge in [0.2, 0.25) is 11.8 Å². The molecule has 3 rings (SSSR count). The molecular formula is C23H24N4O4S. The van der Waals surface area contributed by atoms with E-state index in [-0.39, 0.29) is 36.5 Å². The largest absolute Gasteiger partial charge is 0.390 e. The molecule has 1 aromatic heterocycles. The van der Waals surface area contributed by atoms with Crippen LogP contribution in [-0.4, -0.2) is 38.0 Å². The molecule has 0 spiro atoms. The third-order valence-electron chi connectivity index (χ3n) is 4.61. The third-order valence-corrected chi connectivity index (χ3v) is 5.60. The number of thioether (sulfide) groups is 1. The van der Waals surface area contributed by atoms with E-state index in [9.17, 15) is 19.5 Å². The number of carbonyl (C=O) groups excluding carboxylic acids is 3. The van der Waals surface area contributed by atoms with Crippen LogP contribution in [0.2, 0.25) is 0 Å². The Bertz CT molecular complexity index is 1080. The van der Waals surface area contributed by atoms with Gasteiger partial charge >= 0.3 is 0 Å². The van der Waals surface area contributed by atoms with Crippen molar-refractivity contribution in [1.82, 2.24) is 14.9 Å². The summed E-state index contributed by atoms with van der Waals surface area (Å²) in [5.41, 5.74) is 2.63. The highest BCUT2D eigenvalue weighted by molar-refractivity contribution is 7.99. The summed E-state index contributed by atoms with van der Waals surface area (Å²) < 4.78 is 1.60. The van der Waals surface area contributed by atoms with Crippen LogP contribution in [0.5, 0.6) is 0 Å². The molecule has 0 unspecified atom stereocenters. The van der Waals surface area contributed by atoms with E-state index in [1.807, 2.05) is 30.3 Å². The Morgan fingerprint density at radius 2 is 1.75 bits per heavy atom. The van der Waals surface area contributed by atoms with E-state index in [2.05, 4.69) is 15.6 Å². The first-order chi connectivity index (χ1) is 15.5. The minimum absolute atomic E-state index is 0.0147. The second-order valence-electron chi connectivity index (χ2n) is 7.01. The standard InChI is InChI=1S/C23H24N4O4S/c1-16(29)18-7-9-19(10-8-18)26-22(31)15-32-23-25-12-20(14-28)27(23)13-21(30)24-11-17-5-3-2-4-6-17/h2-10,12,28H,11,13-15H2,1H3,(H,24,30)(H,26,31). The molecule has 1 heterocycles. The van der Waals surface area contributed by atoms with Crippen molar-refractivity contribution in [2.75, 3.05) is 11.1 Å². The van der Waals surface area contributed by atoms with E-state index in [1.165, 1.54) is 24.9 Å². The molecule has 8 nitrogen and oxygen atoms in total. The van der Waals surface area contributed by atoms with Gasteiger partial charge in [0.25, 0.3) is 0 Å². The normalized spacial score (nSPS) is 10.6. The molecule has 0 atom stereocenters. The van der Waals surface area contributed by atoms with Crippen molar-refractivity contribution in [3.63, 3.8) is 0 Å². The lowest BCUT2D eigenvalue weighted by atomic mass is 10.1. The summed E-state index contributed by atoms with van der Waals surface area (Å²) in [5, 5.41) is 15.7. The molecule has 0 radical (unpaired) electrons. The number of hydrogen-bond acceptors (Lipinski definition) is 6. The number of aliphatic hydroxyl groups is 1. The lowest BCUT2D eigenvalue weighted by Crippen LogP contribution is -2.28. The van der Waals surface area contributed by atoms with Crippen LogP contribution in [0.15, 0.2) is 66.0 Å². The summed E-state index contributed by atoms with van der Waals surface area (Å²) in [6, 6.07) is 16.2. The van der Waals surface area contributed by atoms with Crippen molar-refractivity contribution in [3.05, 3.63) is 77.6 Å². The number of anilines is 1. The Balaban J connectivity index is 1.56. The molecule has 0 aliphatic carbocycles. The number of imidazole rings is 1. The Morgan fingerprint density at radius 3 is 2.41 bits per heavy atom. The summed E-state index contributed by atoms with van der Waals surface area (Å²) in [4.78, 5) is 40.3. The molecule has 2 amide bonds. The second kappa shape index (κ2) is 11.3. The van der Waals surface area contributed by atoms with Gasteiger partial charge in [-0.1, -0.05) is 42.1 Å². The number of nitrogens with zero attached hydrogens (tertiary/aromatic N) is 2. The number of carbonyl (C=O) groups is 3. The first-order valence-electron chi connectivity index (χ1n) is 9.96. The smallest absolute Gasteiger partial charge is 0.240 e. The molecule has 3 N–H and O–H groups in total. The van der Waals surface area contributed by atoms with E-state index in [1.54, 1.807) is 28.8 Å². The van der Waals surface area contributed by atoms with Crippen LogP contribution in [0.1, 0.15) is 28.5 Å². The predicted molar refractivity (Wildman–Crippen MR) is 122 cm³/mol. The van der Waals surface area contributed by atoms with Crippen molar-refractivity contribution >= 4 is 35.0 Å². The van der Waals surface area contributed by atoms with Gasteiger partial charge in [0, 0.05) is 17.8 Å². The van der Waals surface area contributed by atoms with Gasteiger partial charge < -0.3 is 20.3 Å². The van der Waals surface area contributed by atoms with Gasteiger partial charge in [0.05, 0.1) is 24.3 Å². The minimum Gasteiger partial charge on any atom is -0.390 e. The zero-order valence-electron chi connectivity index (χ0n) is 17.6. The SMILES string of the molecule is CC(=O)c1ccc(NC(=O)CSc2ncc(CO)n2CC(=O)NCc2ccccc2)cc1. The number of hydrogen-bond donors (Lipinski definition) is 3. The van der Waals surface area contributed by atoms with Crippen molar-refractivity contribution in [3.8, 4) is 0 Å². The number of rotatable bonds is 10. The molecule has 0 bridgehead atoms. The second-order valence-corrected chi connectivity index (χ2v) is 7.95. The molecular weight excluding hydrogens is 428 g/mol. The molecule has 0 aliphatic heterocycles. The van der Waals surface area contributed by atoms with Gasteiger partial charge in [-0.25, -0.2) is 4.98 Å². The monoisotopic (exact) mass is 452 g/mol. The fraction of sp³-hybridized carbons (Fsp3) is 0.217. The maximum atomic E-state index is 12.4. The van der Waals surface area contributed by atoms with E-state index < -0.39 is 0 Å². The quantitative estimate of drug-likeness (QED) is 0.322. The van der Waals surface area contributed by atoms with Gasteiger partial charge in [-0.2, -0.15) is 0 Å². The summed E-state index contributed by atoms with van der Waals surface area (Å²) >= 11 is 1.17. The first kappa shape index (κ1) is 23.2. The van der Waals surface area contributed by atoms with Gasteiger partial charge in [-0.15, -0.1) is 0 Å². The Kier molecular flexibility index (Phi) is 8.18. The van der Waals surface area contributed by atoms with Crippen LogP contribution in [0.3, 0.4) is 0 Å². The number of amides is 2. The summed E-state index contributed by atoms with van der Waals surface area (Å²) in [6.07, 6.45) is 1.49. The summed E-state index contributed by atoms with van der Waals surface area (Å²) in [5.74, 6) is -0.447. The third kappa shape index (κ3) is 6.53. The molecule has 0 fully saturated rings. The number of ketones is 1. The van der Waals surface area contributed by atoms with E-state index >= 15 is 0 Å². The van der Waals surface area contributed by atoms with Crippen molar-refractivity contribution in [1.29, 1.82) is 0 Å². The van der Waals surface area contributed by atoms with Gasteiger partial charge in [0.1, 0.15) is 6.54 Å². The van der Waals surface area contributed by atoms with Gasteiger partial charge in [-0.05, 0) is 36.8 Å². The highest BCUT2D eigenvalue weighted by Gasteiger charge is 2.15. The number of nitrogens with one attached hydrogen (secondary N) is 2. The highest BCUT2D eigenvalue weighted by atomic mass is 32.2. The van der Waals surface area contributed by atoms with Crippen LogP contribution in [-0.2, 0) is 29.3 Å². The van der Waals surface area contributed by atoms with Crippen LogP contribution in [0.4, 0.5) is 5.69 Å². The number of aliphatic hydroxyl groups excluding tert-OH is 1. The molecule has 166 valence electrons. The number of Topliss-reactive ketones (excluding diaryl/α,β-unsaturated/α-hetero) is 1. The Hall–Kier alpha value is -3.43. The van der Waals surface area contributed by atoms with Gasteiger partial charge in [0.15, 0.2) is 10.9 Å². The summed E-state index contributed by atoms with van der Waals surface area (Å²) in [6.45, 7) is 1.60. The zero-order valence-corrected chi connectivity index (χ0v) is 18.4. The highest BCUT2D eigenvalue weighted by Crippen LogP contribution is 2.19. The fourth-order valence-electron chi connectivity index (χ4n) is 2.91. The lowest BCUT2D eigenvalue weighted by molar-refractivity contribution is -0.122. The molecule has 32 heavy (non-hydrogen) atoms. The van der Waals surface area contributed by atoms with Gasteiger partial charge in [-0.3, -0.25) is 14.4 Å². The maximum absolute atomic E-state index is 12.4. The molecule has 2 aromatic carbocycles. The lowest BCUT2D eigenvalue weighted by Gasteiger charge is -2.11. The summed E-state index contributed by atoms with van der Waals surface area (Å²) in [7, 11) is 0. The Labute approximate surface area is 190 Å². The van der Waals surface area contributed by atoms with E-state index in [4.69, 9.17) is 0 Å². The Morgan fingerprint density at radius 1 is 1.03 bits per heavy atom. The zero-order chi connectivity index (χ0) is 22.9. The van der Waals surface area contributed by atoms with Crippen molar-refractivity contribution < 1.29 is 19.5 Å². The molecule has 0 aliphatic rings.